The van der Waals surface area contributed by atoms with E-state index in [1.807, 2.05) is 4.90 Å². The van der Waals surface area contributed by atoms with Gasteiger partial charge in [0.25, 0.3) is 0 Å². The van der Waals surface area contributed by atoms with Crippen molar-refractivity contribution in [1.29, 1.82) is 0 Å². The Bertz CT molecular complexity index is 95.9. The number of quaternary nitrogens is 1. The Morgan fingerprint density at radius 2 is 1.75 bits per heavy atom. The molecule has 4 fully saturated rings. The molecular formula is C6H10ClN. The van der Waals surface area contributed by atoms with Crippen molar-refractivity contribution < 1.29 is 17.3 Å². The van der Waals surface area contributed by atoms with Gasteiger partial charge < -0.3 is 17.3 Å². The molecule has 1 nitrogen and oxygen atoms in total. The Balaban J connectivity index is 0.000000270. The van der Waals surface area contributed by atoms with E-state index in [0.717, 1.165) is 0 Å². The van der Waals surface area contributed by atoms with E-state index >= 15 is 0 Å². The molecule has 4 bridgehead atoms. The van der Waals surface area contributed by atoms with Crippen molar-refractivity contribution in [2.45, 2.75) is 24.9 Å². The molecule has 46 valence electrons. The Kier molecular flexibility index (Phi) is 0.771. The van der Waals surface area contributed by atoms with Crippen LogP contribution in [0.2, 0.25) is 0 Å². The van der Waals surface area contributed by atoms with Crippen molar-refractivity contribution in [3.8, 4) is 0 Å². The molecule has 0 radical (unpaired) electrons. The molecule has 0 aromatic rings. The molecule has 3 aliphatic heterocycles. The first kappa shape index (κ1) is 5.07. The van der Waals surface area contributed by atoms with Crippen molar-refractivity contribution in [2.24, 2.45) is 5.92 Å². The van der Waals surface area contributed by atoms with E-state index in [4.69, 9.17) is 0 Å². The SMILES string of the molecule is C1C2CC3C1[NH+]3C2.[Cl-]. The monoisotopic (exact) mass is 131 g/mol. The molecule has 1 saturated carbocycles. The van der Waals surface area contributed by atoms with E-state index < -0.39 is 0 Å². The fraction of sp³-hybridized carbons (Fsp3) is 1.00. The van der Waals surface area contributed by atoms with Crippen molar-refractivity contribution in [1.82, 2.24) is 0 Å². The van der Waals surface area contributed by atoms with Gasteiger partial charge in [0.05, 0.1) is 6.54 Å². The zero-order chi connectivity index (χ0) is 4.43. The van der Waals surface area contributed by atoms with Gasteiger partial charge >= 0.3 is 0 Å². The number of hydrogen-bond acceptors (Lipinski definition) is 0. The summed E-state index contributed by atoms with van der Waals surface area (Å²) in [4.78, 5) is 1.95. The Labute approximate surface area is 55.5 Å². The molecule has 0 amide bonds. The molecule has 2 heteroatoms. The predicted octanol–water partition coefficient (Wildman–Crippen LogP) is -3.95. The summed E-state index contributed by atoms with van der Waals surface area (Å²) in [6.07, 6.45) is 3.17. The van der Waals surface area contributed by atoms with Crippen molar-refractivity contribution >= 4 is 0 Å². The van der Waals surface area contributed by atoms with Gasteiger partial charge in [0.15, 0.2) is 0 Å². The van der Waals surface area contributed by atoms with Crippen molar-refractivity contribution in [2.75, 3.05) is 6.54 Å². The highest BCUT2D eigenvalue weighted by atomic mass is 35.5. The van der Waals surface area contributed by atoms with Crippen LogP contribution in [0.5, 0.6) is 0 Å². The fourth-order valence-electron chi connectivity index (χ4n) is 2.69. The van der Waals surface area contributed by atoms with Crippen LogP contribution in [0.15, 0.2) is 0 Å². The Morgan fingerprint density at radius 1 is 1.12 bits per heavy atom. The third-order valence-corrected chi connectivity index (χ3v) is 3.03. The van der Waals surface area contributed by atoms with E-state index in [-0.39, 0.29) is 12.4 Å². The summed E-state index contributed by atoms with van der Waals surface area (Å²) in [6.45, 7) is 1.54. The third-order valence-electron chi connectivity index (χ3n) is 3.03. The van der Waals surface area contributed by atoms with E-state index in [2.05, 4.69) is 0 Å². The van der Waals surface area contributed by atoms with Crippen LogP contribution in [0.3, 0.4) is 0 Å². The molecule has 2 atom stereocenters. The van der Waals surface area contributed by atoms with Gasteiger partial charge in [-0.15, -0.1) is 0 Å². The minimum absolute atomic E-state index is 0. The van der Waals surface area contributed by atoms with E-state index in [9.17, 15) is 0 Å². The molecule has 1 aliphatic carbocycles. The molecule has 3 heterocycles. The lowest BCUT2D eigenvalue weighted by Crippen LogP contribution is -3.00. The summed E-state index contributed by atoms with van der Waals surface area (Å²) in [5, 5.41) is 0. The van der Waals surface area contributed by atoms with Gasteiger partial charge in [-0.1, -0.05) is 0 Å². The van der Waals surface area contributed by atoms with Crippen LogP contribution in [0, 0.1) is 5.92 Å². The number of piperidine rings is 3. The highest BCUT2D eigenvalue weighted by Crippen LogP contribution is 2.36. The fourth-order valence-corrected chi connectivity index (χ4v) is 2.69. The van der Waals surface area contributed by atoms with E-state index in [0.29, 0.717) is 0 Å². The highest BCUT2D eigenvalue weighted by molar-refractivity contribution is 4.98. The average Bonchev–Trinajstić information content (AvgIpc) is 2.10. The van der Waals surface area contributed by atoms with Gasteiger partial charge in [0, 0.05) is 18.8 Å². The largest absolute Gasteiger partial charge is 1.00 e. The molecular weight excluding hydrogens is 122 g/mol. The summed E-state index contributed by atoms with van der Waals surface area (Å²) >= 11 is 0. The predicted molar refractivity (Wildman–Crippen MR) is 26.1 cm³/mol. The molecule has 0 spiro atoms. The maximum absolute atomic E-state index is 1.95. The first-order chi connectivity index (χ1) is 3.45. The van der Waals surface area contributed by atoms with Crippen LogP contribution in [0.25, 0.3) is 0 Å². The van der Waals surface area contributed by atoms with E-state index in [1.165, 1.54) is 24.5 Å². The van der Waals surface area contributed by atoms with Crippen LogP contribution >= 0.6 is 0 Å². The highest BCUT2D eigenvalue weighted by Gasteiger charge is 2.67. The summed E-state index contributed by atoms with van der Waals surface area (Å²) < 4.78 is 0. The second-order valence-corrected chi connectivity index (χ2v) is 3.33. The van der Waals surface area contributed by atoms with Crippen molar-refractivity contribution in [3.63, 3.8) is 0 Å². The van der Waals surface area contributed by atoms with Crippen LogP contribution in [-0.4, -0.2) is 18.6 Å². The maximum atomic E-state index is 1.95. The number of rotatable bonds is 0. The standard InChI is InChI=1S/C6H9N.ClH/c1-4-2-6-5(1)7(6)3-4;/h4-6H,1-3H2;1H. The topological polar surface area (TPSA) is 4.44 Å². The number of halogens is 1. The molecule has 0 aromatic carbocycles. The second kappa shape index (κ2) is 1.22. The van der Waals surface area contributed by atoms with Crippen LogP contribution in [-0.2, 0) is 0 Å². The zero-order valence-corrected chi connectivity index (χ0v) is 5.49. The molecule has 2 unspecified atom stereocenters. The molecule has 0 aromatic heterocycles. The third kappa shape index (κ3) is 0.348. The maximum Gasteiger partial charge on any atom is 0.141 e. The molecule has 4 aliphatic rings. The van der Waals surface area contributed by atoms with Gasteiger partial charge in [0.1, 0.15) is 12.1 Å². The lowest BCUT2D eigenvalue weighted by atomic mass is 10.2. The van der Waals surface area contributed by atoms with Crippen molar-refractivity contribution in [3.05, 3.63) is 0 Å². The second-order valence-electron chi connectivity index (χ2n) is 3.33. The average molecular weight is 132 g/mol. The first-order valence-corrected chi connectivity index (χ1v) is 3.31. The smallest absolute Gasteiger partial charge is 0.141 e. The van der Waals surface area contributed by atoms with Gasteiger partial charge in [-0.3, -0.25) is 0 Å². The molecule has 1 N–H and O–H groups in total. The quantitative estimate of drug-likeness (QED) is 0.320. The lowest BCUT2D eigenvalue weighted by Gasteiger charge is -1.84. The van der Waals surface area contributed by atoms with E-state index in [1.54, 1.807) is 12.8 Å². The number of nitrogens with one attached hydrogen (secondary N) is 1. The van der Waals surface area contributed by atoms with Gasteiger partial charge in [-0.25, -0.2) is 0 Å². The summed E-state index contributed by atoms with van der Waals surface area (Å²) in [6, 6.07) is 2.34. The van der Waals surface area contributed by atoms with Crippen LogP contribution in [0.1, 0.15) is 12.8 Å². The summed E-state index contributed by atoms with van der Waals surface area (Å²) in [5.74, 6) is 1.17. The summed E-state index contributed by atoms with van der Waals surface area (Å²) in [7, 11) is 0. The normalized spacial score (nSPS) is 63.0. The Morgan fingerprint density at radius 3 is 1.88 bits per heavy atom. The lowest BCUT2D eigenvalue weighted by molar-refractivity contribution is -0.769. The molecule has 8 heavy (non-hydrogen) atoms. The van der Waals surface area contributed by atoms with Crippen LogP contribution < -0.4 is 17.3 Å². The first-order valence-electron chi connectivity index (χ1n) is 3.31. The number of hydrogen-bond donors (Lipinski definition) is 1. The minimum atomic E-state index is 0. The van der Waals surface area contributed by atoms with Gasteiger partial charge in [-0.2, -0.15) is 0 Å². The van der Waals surface area contributed by atoms with Gasteiger partial charge in [0.2, 0.25) is 0 Å². The molecule has 4 rings (SSSR count). The zero-order valence-electron chi connectivity index (χ0n) is 4.73. The molecule has 3 saturated heterocycles. The minimum Gasteiger partial charge on any atom is -1.00 e. The Hall–Kier alpha value is 0.250. The van der Waals surface area contributed by atoms with Crippen LogP contribution in [0.4, 0.5) is 0 Å². The summed E-state index contributed by atoms with van der Waals surface area (Å²) in [5.41, 5.74) is 0. The van der Waals surface area contributed by atoms with Gasteiger partial charge in [-0.05, 0) is 0 Å².